The van der Waals surface area contributed by atoms with E-state index in [1.807, 2.05) is 48.5 Å². The number of nitrogens with one attached hydrogen (secondary N) is 2. The SMILES string of the molecule is O=C(NC1CC1)c1ccc(-c2ccc(O)cc2)cc1.O=C(Oc1ccc(-c2ccc(C(=O)NC3CC3)cc2)cc1)ON1C(=O)CCC1=O. The van der Waals surface area contributed by atoms with Gasteiger partial charge in [0.1, 0.15) is 11.5 Å². The van der Waals surface area contributed by atoms with E-state index in [9.17, 15) is 29.1 Å². The van der Waals surface area contributed by atoms with Gasteiger partial charge >= 0.3 is 6.16 Å². The highest BCUT2D eigenvalue weighted by Crippen LogP contribution is 2.26. The number of carbonyl (C=O) groups excluding carboxylic acids is 5. The number of carbonyl (C=O) groups is 5. The van der Waals surface area contributed by atoms with Gasteiger partial charge in [-0.1, -0.05) is 53.6 Å². The van der Waals surface area contributed by atoms with Crippen LogP contribution < -0.4 is 15.4 Å². The lowest BCUT2D eigenvalue weighted by atomic mass is 10.0. The molecule has 0 bridgehead atoms. The van der Waals surface area contributed by atoms with Crippen LogP contribution in [0, 0.1) is 0 Å². The molecule has 1 saturated heterocycles. The van der Waals surface area contributed by atoms with Gasteiger partial charge in [-0.3, -0.25) is 24.0 Å². The molecule has 0 atom stereocenters. The van der Waals surface area contributed by atoms with Crippen molar-refractivity contribution in [2.45, 2.75) is 50.6 Å². The monoisotopic (exact) mass is 647 g/mol. The second kappa shape index (κ2) is 14.2. The lowest BCUT2D eigenvalue weighted by molar-refractivity contribution is -0.174. The van der Waals surface area contributed by atoms with Gasteiger partial charge in [0.25, 0.3) is 23.6 Å². The number of rotatable bonds is 8. The molecule has 11 heteroatoms. The van der Waals surface area contributed by atoms with Crippen LogP contribution in [0.25, 0.3) is 22.3 Å². The minimum atomic E-state index is -1.16. The van der Waals surface area contributed by atoms with Crippen LogP contribution in [0.4, 0.5) is 4.79 Å². The first-order valence-electron chi connectivity index (χ1n) is 15.7. The summed E-state index contributed by atoms with van der Waals surface area (Å²) in [4.78, 5) is 63.2. The van der Waals surface area contributed by atoms with Gasteiger partial charge in [0.05, 0.1) is 0 Å². The number of amides is 4. The lowest BCUT2D eigenvalue weighted by Gasteiger charge is -2.12. The Morgan fingerprint density at radius 2 is 0.958 bits per heavy atom. The largest absolute Gasteiger partial charge is 0.539 e. The number of imide groups is 1. The van der Waals surface area contributed by atoms with Crippen LogP contribution in [-0.2, 0) is 14.4 Å². The van der Waals surface area contributed by atoms with Crippen molar-refractivity contribution in [3.63, 3.8) is 0 Å². The molecule has 4 aromatic carbocycles. The molecule has 7 rings (SSSR count). The summed E-state index contributed by atoms with van der Waals surface area (Å²) in [5.41, 5.74) is 5.11. The summed E-state index contributed by atoms with van der Waals surface area (Å²) in [6.45, 7) is 0. The maximum absolute atomic E-state index is 12.0. The Balaban J connectivity index is 0.000000182. The van der Waals surface area contributed by atoms with Crippen molar-refractivity contribution < 1.29 is 38.7 Å². The third kappa shape index (κ3) is 8.43. The van der Waals surface area contributed by atoms with Gasteiger partial charge < -0.3 is 20.5 Å². The van der Waals surface area contributed by atoms with Crippen molar-refractivity contribution in [2.24, 2.45) is 0 Å². The summed E-state index contributed by atoms with van der Waals surface area (Å²) in [7, 11) is 0. The van der Waals surface area contributed by atoms with Crippen LogP contribution in [0.2, 0.25) is 0 Å². The highest BCUT2D eigenvalue weighted by atomic mass is 16.8. The fourth-order valence-electron chi connectivity index (χ4n) is 4.84. The minimum Gasteiger partial charge on any atom is -0.508 e. The standard InChI is InChI=1S/C21H18N2O6.C16H15NO2/c24-18-11-12-19(25)23(18)29-21(27)28-17-9-5-14(6-10-17)13-1-3-15(4-2-13)20(26)22-16-7-8-16;18-15-9-5-12(6-10-15)11-1-3-13(4-2-11)16(19)17-14-7-8-14/h1-6,9-10,16H,7-8,11-12H2,(H,22,26);1-6,9-10,14,18H,7-8H2,(H,17,19). The number of hydrogen-bond donors (Lipinski definition) is 3. The topological polar surface area (TPSA) is 151 Å². The highest BCUT2D eigenvalue weighted by molar-refractivity contribution is 6.01. The summed E-state index contributed by atoms with van der Waals surface area (Å²) in [6.07, 6.45) is 3.14. The second-order valence-electron chi connectivity index (χ2n) is 11.7. The van der Waals surface area contributed by atoms with Gasteiger partial charge in [-0.05, 0) is 96.5 Å². The Labute approximate surface area is 276 Å². The molecule has 0 radical (unpaired) electrons. The molecule has 1 heterocycles. The van der Waals surface area contributed by atoms with Crippen molar-refractivity contribution >= 4 is 29.8 Å². The van der Waals surface area contributed by atoms with E-state index < -0.39 is 18.0 Å². The van der Waals surface area contributed by atoms with Crippen LogP contribution in [0.5, 0.6) is 11.5 Å². The van der Waals surface area contributed by atoms with Crippen molar-refractivity contribution in [3.8, 4) is 33.8 Å². The number of ether oxygens (including phenoxy) is 1. The van der Waals surface area contributed by atoms with Gasteiger partial charge in [-0.15, -0.1) is 0 Å². The maximum Gasteiger partial charge on any atom is 0.539 e. The zero-order chi connectivity index (χ0) is 33.6. The van der Waals surface area contributed by atoms with Crippen molar-refractivity contribution in [1.29, 1.82) is 0 Å². The van der Waals surface area contributed by atoms with Gasteiger partial charge in [0, 0.05) is 36.1 Å². The molecule has 4 amide bonds. The predicted molar refractivity (Wildman–Crippen MR) is 175 cm³/mol. The summed E-state index contributed by atoms with van der Waals surface area (Å²) >= 11 is 0. The predicted octanol–water partition coefficient (Wildman–Crippen LogP) is 5.78. The lowest BCUT2D eigenvalue weighted by Crippen LogP contribution is -2.33. The number of phenols is 1. The van der Waals surface area contributed by atoms with Gasteiger partial charge in [-0.25, -0.2) is 4.79 Å². The third-order valence-electron chi connectivity index (χ3n) is 7.88. The first-order chi connectivity index (χ1) is 23.2. The van der Waals surface area contributed by atoms with E-state index in [1.54, 1.807) is 48.5 Å². The smallest absolute Gasteiger partial charge is 0.508 e. The van der Waals surface area contributed by atoms with E-state index in [0.29, 0.717) is 28.3 Å². The minimum absolute atomic E-state index is 0.000226. The zero-order valence-electron chi connectivity index (χ0n) is 25.9. The molecule has 48 heavy (non-hydrogen) atoms. The summed E-state index contributed by atoms with van der Waals surface area (Å²) in [5.74, 6) is -0.758. The van der Waals surface area contributed by atoms with E-state index in [4.69, 9.17) is 4.74 Å². The maximum atomic E-state index is 12.0. The number of phenolic OH excluding ortho intramolecular Hbond substituents is 1. The first-order valence-corrected chi connectivity index (χ1v) is 15.7. The van der Waals surface area contributed by atoms with Crippen molar-refractivity contribution in [3.05, 3.63) is 108 Å². The Hall–Kier alpha value is -5.97. The van der Waals surface area contributed by atoms with Gasteiger partial charge in [-0.2, -0.15) is 0 Å². The number of aromatic hydroxyl groups is 1. The number of hydroxylamine groups is 2. The number of benzene rings is 4. The molecule has 11 nitrogen and oxygen atoms in total. The van der Waals surface area contributed by atoms with Crippen LogP contribution in [0.15, 0.2) is 97.1 Å². The van der Waals surface area contributed by atoms with E-state index in [0.717, 1.165) is 47.9 Å². The van der Waals surface area contributed by atoms with Crippen LogP contribution in [-0.4, -0.2) is 52.0 Å². The van der Waals surface area contributed by atoms with E-state index in [1.165, 1.54) is 0 Å². The second-order valence-corrected chi connectivity index (χ2v) is 11.7. The molecule has 4 aromatic rings. The fourth-order valence-corrected chi connectivity index (χ4v) is 4.84. The Kier molecular flexibility index (Phi) is 9.47. The van der Waals surface area contributed by atoms with Crippen molar-refractivity contribution in [2.75, 3.05) is 0 Å². The quantitative estimate of drug-likeness (QED) is 0.124. The van der Waals surface area contributed by atoms with E-state index >= 15 is 0 Å². The molecule has 0 unspecified atom stereocenters. The van der Waals surface area contributed by atoms with Crippen LogP contribution in [0.3, 0.4) is 0 Å². The van der Waals surface area contributed by atoms with Gasteiger partial charge in [0.2, 0.25) is 0 Å². The summed E-state index contributed by atoms with van der Waals surface area (Å²) in [5, 5.41) is 15.6. The third-order valence-corrected chi connectivity index (χ3v) is 7.88. The molecular weight excluding hydrogens is 614 g/mol. The average Bonchev–Trinajstić information content (AvgIpc) is 4.05. The number of hydrogen-bond acceptors (Lipinski definition) is 8. The van der Waals surface area contributed by atoms with Crippen LogP contribution >= 0.6 is 0 Å². The molecule has 1 aliphatic heterocycles. The molecule has 0 aromatic heterocycles. The normalized spacial score (nSPS) is 15.2. The summed E-state index contributed by atoms with van der Waals surface area (Å²) in [6, 6.07) is 29.1. The Morgan fingerprint density at radius 1 is 0.583 bits per heavy atom. The van der Waals surface area contributed by atoms with Crippen LogP contribution in [0.1, 0.15) is 59.2 Å². The molecule has 244 valence electrons. The Morgan fingerprint density at radius 3 is 1.35 bits per heavy atom. The molecule has 2 saturated carbocycles. The highest BCUT2D eigenvalue weighted by Gasteiger charge is 2.33. The Bertz CT molecular complexity index is 1800. The fraction of sp³-hybridized carbons (Fsp3) is 0.216. The molecule has 2 aliphatic carbocycles. The van der Waals surface area contributed by atoms with Crippen molar-refractivity contribution in [1.82, 2.24) is 15.7 Å². The number of nitrogens with zero attached hydrogens (tertiary/aromatic N) is 1. The van der Waals surface area contributed by atoms with E-state index in [2.05, 4.69) is 15.5 Å². The molecule has 3 aliphatic rings. The molecular formula is C37H33N3O8. The molecule has 0 spiro atoms. The molecule has 3 N–H and O–H groups in total. The zero-order valence-corrected chi connectivity index (χ0v) is 25.9. The average molecular weight is 648 g/mol. The molecule has 3 fully saturated rings. The van der Waals surface area contributed by atoms with Gasteiger partial charge in [0.15, 0.2) is 0 Å². The summed E-state index contributed by atoms with van der Waals surface area (Å²) < 4.78 is 5.00. The van der Waals surface area contributed by atoms with E-state index in [-0.39, 0.29) is 36.2 Å². The first kappa shape index (κ1) is 32.0.